The maximum atomic E-state index is 12.4. The van der Waals surface area contributed by atoms with Crippen molar-refractivity contribution >= 4 is 28.2 Å². The first kappa shape index (κ1) is 14.1. The van der Waals surface area contributed by atoms with Gasteiger partial charge in [0.25, 0.3) is 5.91 Å². The zero-order chi connectivity index (χ0) is 13.8. The van der Waals surface area contributed by atoms with E-state index in [0.717, 1.165) is 44.0 Å². The summed E-state index contributed by atoms with van der Waals surface area (Å²) in [6.07, 6.45) is 3.17. The van der Waals surface area contributed by atoms with Crippen molar-refractivity contribution in [1.29, 1.82) is 0 Å². The number of carbonyl (C=O) groups is 1. The number of piperidine rings is 1. The van der Waals surface area contributed by atoms with Crippen LogP contribution < -0.4 is 11.1 Å². The van der Waals surface area contributed by atoms with Crippen LogP contribution in [-0.2, 0) is 0 Å². The lowest BCUT2D eigenvalue weighted by Gasteiger charge is -2.29. The van der Waals surface area contributed by atoms with E-state index in [2.05, 4.69) is 24.1 Å². The Hall–Kier alpha value is -1.30. The standard InChI is InChI=1S/C13H22N4OS/c1-3-6-15-13-16-11(14)10(19-13)12(18)17-7-4-9(2)5-8-17/h9H,3-8,14H2,1-2H3,(H,15,16). The van der Waals surface area contributed by atoms with Crippen LogP contribution in [0, 0.1) is 5.92 Å². The summed E-state index contributed by atoms with van der Waals surface area (Å²) in [6.45, 7) is 6.83. The Kier molecular flexibility index (Phi) is 4.63. The van der Waals surface area contributed by atoms with Crippen LogP contribution in [0.5, 0.6) is 0 Å². The Morgan fingerprint density at radius 1 is 1.53 bits per heavy atom. The van der Waals surface area contributed by atoms with Gasteiger partial charge in [0.2, 0.25) is 0 Å². The van der Waals surface area contributed by atoms with Crippen molar-refractivity contribution < 1.29 is 4.79 Å². The van der Waals surface area contributed by atoms with E-state index in [9.17, 15) is 4.79 Å². The van der Waals surface area contributed by atoms with Gasteiger partial charge in [-0.25, -0.2) is 4.98 Å². The summed E-state index contributed by atoms with van der Waals surface area (Å²) >= 11 is 1.36. The predicted octanol–water partition coefficient (Wildman–Crippen LogP) is 2.42. The van der Waals surface area contributed by atoms with E-state index >= 15 is 0 Å². The number of nitrogens with one attached hydrogen (secondary N) is 1. The molecule has 1 aliphatic rings. The predicted molar refractivity (Wildman–Crippen MR) is 79.6 cm³/mol. The molecule has 6 heteroatoms. The van der Waals surface area contributed by atoms with Crippen molar-refractivity contribution in [3.8, 4) is 0 Å². The number of carbonyl (C=O) groups excluding carboxylic acids is 1. The Bertz CT molecular complexity index is 438. The number of nitrogens with two attached hydrogens (primary N) is 1. The SMILES string of the molecule is CCCNc1nc(N)c(C(=O)N2CCC(C)CC2)s1. The minimum Gasteiger partial charge on any atom is -0.382 e. The highest BCUT2D eigenvalue weighted by atomic mass is 32.1. The van der Waals surface area contributed by atoms with Crippen molar-refractivity contribution in [2.45, 2.75) is 33.1 Å². The minimum atomic E-state index is 0.0337. The third kappa shape index (κ3) is 3.37. The number of aromatic nitrogens is 1. The molecule has 1 amide bonds. The van der Waals surface area contributed by atoms with E-state index in [1.165, 1.54) is 11.3 Å². The van der Waals surface area contributed by atoms with Gasteiger partial charge in [-0.05, 0) is 25.2 Å². The lowest BCUT2D eigenvalue weighted by atomic mass is 9.99. The molecule has 1 aromatic rings. The van der Waals surface area contributed by atoms with Crippen LogP contribution in [0.3, 0.4) is 0 Å². The van der Waals surface area contributed by atoms with Crippen molar-refractivity contribution in [3.05, 3.63) is 4.88 Å². The van der Waals surface area contributed by atoms with Gasteiger partial charge in [-0.3, -0.25) is 4.79 Å². The van der Waals surface area contributed by atoms with Gasteiger partial charge in [0.05, 0.1) is 0 Å². The highest BCUT2D eigenvalue weighted by molar-refractivity contribution is 7.18. The molecule has 1 aromatic heterocycles. The van der Waals surface area contributed by atoms with Crippen LogP contribution in [0.2, 0.25) is 0 Å². The van der Waals surface area contributed by atoms with Crippen LogP contribution in [0.25, 0.3) is 0 Å². The fraction of sp³-hybridized carbons (Fsp3) is 0.692. The Morgan fingerprint density at radius 3 is 2.84 bits per heavy atom. The zero-order valence-corrected chi connectivity index (χ0v) is 12.4. The lowest BCUT2D eigenvalue weighted by molar-refractivity contribution is 0.0703. The summed E-state index contributed by atoms with van der Waals surface area (Å²) < 4.78 is 0. The van der Waals surface area contributed by atoms with Crippen LogP contribution in [0.1, 0.15) is 42.8 Å². The van der Waals surface area contributed by atoms with Crippen LogP contribution >= 0.6 is 11.3 Å². The van der Waals surface area contributed by atoms with Gasteiger partial charge in [0.1, 0.15) is 10.7 Å². The molecule has 0 bridgehead atoms. The average molecular weight is 282 g/mol. The number of rotatable bonds is 4. The number of likely N-dealkylation sites (tertiary alicyclic amines) is 1. The van der Waals surface area contributed by atoms with Crippen LogP contribution in [0.15, 0.2) is 0 Å². The maximum Gasteiger partial charge on any atom is 0.267 e. The highest BCUT2D eigenvalue weighted by Crippen LogP contribution is 2.28. The van der Waals surface area contributed by atoms with Crippen molar-refractivity contribution in [3.63, 3.8) is 0 Å². The smallest absolute Gasteiger partial charge is 0.267 e. The molecule has 1 fully saturated rings. The Morgan fingerprint density at radius 2 is 2.21 bits per heavy atom. The number of thiazole rings is 1. The molecule has 2 rings (SSSR count). The molecule has 0 spiro atoms. The van der Waals surface area contributed by atoms with Crippen LogP contribution in [0.4, 0.5) is 10.9 Å². The second-order valence-electron chi connectivity index (χ2n) is 5.13. The molecule has 0 saturated carbocycles. The number of amides is 1. The highest BCUT2D eigenvalue weighted by Gasteiger charge is 2.25. The van der Waals surface area contributed by atoms with E-state index < -0.39 is 0 Å². The normalized spacial score (nSPS) is 16.6. The molecule has 3 N–H and O–H groups in total. The first-order chi connectivity index (χ1) is 9.11. The summed E-state index contributed by atoms with van der Waals surface area (Å²) in [5, 5.41) is 3.92. The quantitative estimate of drug-likeness (QED) is 0.889. The van der Waals surface area contributed by atoms with E-state index in [-0.39, 0.29) is 5.91 Å². The molecule has 1 saturated heterocycles. The van der Waals surface area contributed by atoms with E-state index in [0.29, 0.717) is 16.6 Å². The summed E-state index contributed by atoms with van der Waals surface area (Å²) in [7, 11) is 0. The number of nitrogen functional groups attached to an aromatic ring is 1. The first-order valence-electron chi connectivity index (χ1n) is 6.91. The van der Waals surface area contributed by atoms with Crippen molar-refractivity contribution in [2.24, 2.45) is 5.92 Å². The second kappa shape index (κ2) is 6.23. The molecule has 0 aliphatic carbocycles. The fourth-order valence-electron chi connectivity index (χ4n) is 2.15. The van der Waals surface area contributed by atoms with E-state index in [1.54, 1.807) is 0 Å². The molecule has 1 aliphatic heterocycles. The summed E-state index contributed by atoms with van der Waals surface area (Å²) in [6, 6.07) is 0. The monoisotopic (exact) mass is 282 g/mol. The van der Waals surface area contributed by atoms with Crippen molar-refractivity contribution in [1.82, 2.24) is 9.88 Å². The molecule has 0 aromatic carbocycles. The third-order valence-corrected chi connectivity index (χ3v) is 4.46. The lowest BCUT2D eigenvalue weighted by Crippen LogP contribution is -2.37. The van der Waals surface area contributed by atoms with Gasteiger partial charge in [0.15, 0.2) is 5.13 Å². The fourth-order valence-corrected chi connectivity index (χ4v) is 3.03. The third-order valence-electron chi connectivity index (χ3n) is 3.44. The van der Waals surface area contributed by atoms with Gasteiger partial charge < -0.3 is 16.0 Å². The number of hydrogen-bond acceptors (Lipinski definition) is 5. The number of hydrogen-bond donors (Lipinski definition) is 2. The maximum absolute atomic E-state index is 12.4. The van der Waals surface area contributed by atoms with Crippen molar-refractivity contribution in [2.75, 3.05) is 30.7 Å². The molecular formula is C13H22N4OS. The van der Waals surface area contributed by atoms with Crippen LogP contribution in [-0.4, -0.2) is 35.4 Å². The Balaban J connectivity index is 2.04. The molecule has 2 heterocycles. The second-order valence-corrected chi connectivity index (χ2v) is 6.13. The summed E-state index contributed by atoms with van der Waals surface area (Å²) in [5.41, 5.74) is 5.86. The molecular weight excluding hydrogens is 260 g/mol. The first-order valence-corrected chi connectivity index (χ1v) is 7.73. The Labute approximate surface area is 118 Å². The summed E-state index contributed by atoms with van der Waals surface area (Å²) in [5.74, 6) is 1.10. The van der Waals surface area contributed by atoms with E-state index in [1.807, 2.05) is 4.90 Å². The molecule has 19 heavy (non-hydrogen) atoms. The molecule has 106 valence electrons. The van der Waals surface area contributed by atoms with E-state index in [4.69, 9.17) is 5.73 Å². The largest absolute Gasteiger partial charge is 0.382 e. The average Bonchev–Trinajstić information content (AvgIpc) is 2.77. The van der Waals surface area contributed by atoms with Gasteiger partial charge in [-0.2, -0.15) is 0 Å². The molecule has 0 atom stereocenters. The van der Waals surface area contributed by atoms with Gasteiger partial charge in [0, 0.05) is 19.6 Å². The molecule has 0 radical (unpaired) electrons. The van der Waals surface area contributed by atoms with Gasteiger partial charge in [-0.1, -0.05) is 25.2 Å². The topological polar surface area (TPSA) is 71.2 Å². The minimum absolute atomic E-state index is 0.0337. The van der Waals surface area contributed by atoms with Gasteiger partial charge in [-0.15, -0.1) is 0 Å². The zero-order valence-electron chi connectivity index (χ0n) is 11.6. The molecule has 5 nitrogen and oxygen atoms in total. The number of anilines is 2. The summed E-state index contributed by atoms with van der Waals surface area (Å²) in [4.78, 5) is 19.1. The molecule has 0 unspecified atom stereocenters. The number of nitrogens with zero attached hydrogens (tertiary/aromatic N) is 2. The van der Waals surface area contributed by atoms with Gasteiger partial charge >= 0.3 is 0 Å².